The Hall–Kier alpha value is -0.0800. The van der Waals surface area contributed by atoms with Crippen molar-refractivity contribution >= 4 is 0 Å². The van der Waals surface area contributed by atoms with E-state index in [1.807, 2.05) is 0 Å². The summed E-state index contributed by atoms with van der Waals surface area (Å²) in [6.07, 6.45) is 1.25. The second kappa shape index (κ2) is 3.35. The SMILES string of the molecule is CC(C)[C@H]1CCNC[C@@H]1N. The Balaban J connectivity index is 2.40. The molecule has 1 aliphatic heterocycles. The van der Waals surface area contributed by atoms with Gasteiger partial charge < -0.3 is 11.1 Å². The summed E-state index contributed by atoms with van der Waals surface area (Å²) in [4.78, 5) is 0. The molecule has 2 atom stereocenters. The molecule has 0 unspecified atom stereocenters. The van der Waals surface area contributed by atoms with Gasteiger partial charge in [-0.25, -0.2) is 0 Å². The molecule has 3 N–H and O–H groups in total. The largest absolute Gasteiger partial charge is 0.326 e. The van der Waals surface area contributed by atoms with Crippen LogP contribution in [0.15, 0.2) is 0 Å². The molecule has 10 heavy (non-hydrogen) atoms. The third-order valence-electron chi connectivity index (χ3n) is 2.44. The van der Waals surface area contributed by atoms with Crippen molar-refractivity contribution in [3.63, 3.8) is 0 Å². The predicted octanol–water partition coefficient (Wildman–Crippen LogP) is 0.579. The summed E-state index contributed by atoms with van der Waals surface area (Å²) < 4.78 is 0. The van der Waals surface area contributed by atoms with Crippen molar-refractivity contribution in [3.05, 3.63) is 0 Å². The number of hydrogen-bond donors (Lipinski definition) is 2. The van der Waals surface area contributed by atoms with Gasteiger partial charge in [0.25, 0.3) is 0 Å². The lowest BCUT2D eigenvalue weighted by Crippen LogP contribution is -2.47. The van der Waals surface area contributed by atoms with Gasteiger partial charge in [-0.3, -0.25) is 0 Å². The molecule has 0 aliphatic carbocycles. The molecule has 1 heterocycles. The lowest BCUT2D eigenvalue weighted by atomic mass is 9.84. The van der Waals surface area contributed by atoms with Crippen LogP contribution in [0.25, 0.3) is 0 Å². The molecule has 0 aromatic rings. The van der Waals surface area contributed by atoms with Crippen molar-refractivity contribution in [2.24, 2.45) is 17.6 Å². The molecule has 2 heteroatoms. The van der Waals surface area contributed by atoms with Gasteiger partial charge in [0.05, 0.1) is 0 Å². The highest BCUT2D eigenvalue weighted by atomic mass is 14.9. The summed E-state index contributed by atoms with van der Waals surface area (Å²) in [6, 6.07) is 0.383. The van der Waals surface area contributed by atoms with Crippen molar-refractivity contribution in [1.29, 1.82) is 0 Å². The maximum Gasteiger partial charge on any atom is 0.0196 e. The van der Waals surface area contributed by atoms with Gasteiger partial charge >= 0.3 is 0 Å². The summed E-state index contributed by atoms with van der Waals surface area (Å²) in [7, 11) is 0. The standard InChI is InChI=1S/C8H18N2/c1-6(2)7-3-4-10-5-8(7)9/h6-8,10H,3-5,9H2,1-2H3/t7-,8+/m1/s1. The first-order valence-corrected chi connectivity index (χ1v) is 4.18. The molecular weight excluding hydrogens is 124 g/mol. The number of piperidine rings is 1. The average molecular weight is 142 g/mol. The average Bonchev–Trinajstić information content (AvgIpc) is 1.88. The first-order valence-electron chi connectivity index (χ1n) is 4.18. The number of nitrogens with two attached hydrogens (primary N) is 1. The van der Waals surface area contributed by atoms with E-state index >= 15 is 0 Å². The lowest BCUT2D eigenvalue weighted by molar-refractivity contribution is 0.253. The molecule has 1 aliphatic rings. The fourth-order valence-corrected chi connectivity index (χ4v) is 1.73. The molecule has 0 amide bonds. The minimum Gasteiger partial charge on any atom is -0.326 e. The van der Waals surface area contributed by atoms with E-state index in [2.05, 4.69) is 19.2 Å². The molecular formula is C8H18N2. The van der Waals surface area contributed by atoms with Gasteiger partial charge in [-0.1, -0.05) is 13.8 Å². The lowest BCUT2D eigenvalue weighted by Gasteiger charge is -2.32. The molecule has 0 aromatic carbocycles. The van der Waals surface area contributed by atoms with Gasteiger partial charge in [0, 0.05) is 12.6 Å². The maximum atomic E-state index is 5.92. The Morgan fingerprint density at radius 2 is 2.20 bits per heavy atom. The maximum absolute atomic E-state index is 5.92. The number of nitrogens with one attached hydrogen (secondary N) is 1. The van der Waals surface area contributed by atoms with Gasteiger partial charge in [-0.15, -0.1) is 0 Å². The highest BCUT2D eigenvalue weighted by molar-refractivity contribution is 4.82. The second-order valence-corrected chi connectivity index (χ2v) is 3.56. The normalized spacial score (nSPS) is 34.8. The quantitative estimate of drug-likeness (QED) is 0.562. The molecule has 2 nitrogen and oxygen atoms in total. The van der Waals surface area contributed by atoms with Gasteiger partial charge in [0.15, 0.2) is 0 Å². The van der Waals surface area contributed by atoms with Crippen molar-refractivity contribution in [1.82, 2.24) is 5.32 Å². The highest BCUT2D eigenvalue weighted by Crippen LogP contribution is 2.19. The van der Waals surface area contributed by atoms with E-state index in [0.717, 1.165) is 24.9 Å². The molecule has 0 spiro atoms. The van der Waals surface area contributed by atoms with Crippen molar-refractivity contribution in [3.8, 4) is 0 Å². The third-order valence-corrected chi connectivity index (χ3v) is 2.44. The molecule has 60 valence electrons. The second-order valence-electron chi connectivity index (χ2n) is 3.56. The predicted molar refractivity (Wildman–Crippen MR) is 43.8 cm³/mol. The topological polar surface area (TPSA) is 38.0 Å². The third kappa shape index (κ3) is 1.70. The summed E-state index contributed by atoms with van der Waals surface area (Å²) >= 11 is 0. The van der Waals surface area contributed by atoms with E-state index in [0.29, 0.717) is 6.04 Å². The van der Waals surface area contributed by atoms with Gasteiger partial charge in [-0.2, -0.15) is 0 Å². The minimum atomic E-state index is 0.383. The van der Waals surface area contributed by atoms with Gasteiger partial charge in [0.2, 0.25) is 0 Å². The number of rotatable bonds is 1. The molecule has 1 saturated heterocycles. The first kappa shape index (κ1) is 8.02. The summed E-state index contributed by atoms with van der Waals surface area (Å²) in [5, 5.41) is 3.29. The zero-order valence-corrected chi connectivity index (χ0v) is 6.93. The molecule has 1 rings (SSSR count). The Labute approximate surface area is 63.2 Å². The summed E-state index contributed by atoms with van der Waals surface area (Å²) in [5.41, 5.74) is 5.92. The summed E-state index contributed by atoms with van der Waals surface area (Å²) in [6.45, 7) is 6.67. The summed E-state index contributed by atoms with van der Waals surface area (Å²) in [5.74, 6) is 1.48. The minimum absolute atomic E-state index is 0.383. The molecule has 0 bridgehead atoms. The molecule has 1 fully saturated rings. The molecule has 0 aromatic heterocycles. The van der Waals surface area contributed by atoms with Gasteiger partial charge in [-0.05, 0) is 24.8 Å². The molecule has 0 saturated carbocycles. The zero-order chi connectivity index (χ0) is 7.56. The van der Waals surface area contributed by atoms with Crippen LogP contribution in [0.1, 0.15) is 20.3 Å². The van der Waals surface area contributed by atoms with E-state index in [4.69, 9.17) is 5.73 Å². The van der Waals surface area contributed by atoms with Crippen LogP contribution in [-0.4, -0.2) is 19.1 Å². The van der Waals surface area contributed by atoms with Crippen LogP contribution in [0.4, 0.5) is 0 Å². The Morgan fingerprint density at radius 1 is 1.50 bits per heavy atom. The van der Waals surface area contributed by atoms with E-state index in [-0.39, 0.29) is 0 Å². The Morgan fingerprint density at radius 3 is 2.60 bits per heavy atom. The monoisotopic (exact) mass is 142 g/mol. The van der Waals surface area contributed by atoms with Crippen LogP contribution in [-0.2, 0) is 0 Å². The number of hydrogen-bond acceptors (Lipinski definition) is 2. The van der Waals surface area contributed by atoms with Crippen LogP contribution >= 0.6 is 0 Å². The van der Waals surface area contributed by atoms with Crippen LogP contribution in [0, 0.1) is 11.8 Å². The fourth-order valence-electron chi connectivity index (χ4n) is 1.73. The van der Waals surface area contributed by atoms with E-state index in [9.17, 15) is 0 Å². The van der Waals surface area contributed by atoms with Gasteiger partial charge in [0.1, 0.15) is 0 Å². The van der Waals surface area contributed by atoms with Crippen LogP contribution in [0.2, 0.25) is 0 Å². The van der Waals surface area contributed by atoms with E-state index in [1.165, 1.54) is 6.42 Å². The van der Waals surface area contributed by atoms with Crippen molar-refractivity contribution in [2.75, 3.05) is 13.1 Å². The smallest absolute Gasteiger partial charge is 0.0196 e. The highest BCUT2D eigenvalue weighted by Gasteiger charge is 2.23. The van der Waals surface area contributed by atoms with Crippen LogP contribution < -0.4 is 11.1 Å². The first-order chi connectivity index (χ1) is 4.72. The van der Waals surface area contributed by atoms with E-state index < -0.39 is 0 Å². The van der Waals surface area contributed by atoms with Crippen LogP contribution in [0.5, 0.6) is 0 Å². The van der Waals surface area contributed by atoms with Crippen molar-refractivity contribution in [2.45, 2.75) is 26.3 Å². The van der Waals surface area contributed by atoms with E-state index in [1.54, 1.807) is 0 Å². The van der Waals surface area contributed by atoms with Crippen LogP contribution in [0.3, 0.4) is 0 Å². The molecule has 0 radical (unpaired) electrons. The Kier molecular flexibility index (Phi) is 2.69. The Bertz CT molecular complexity index is 101. The zero-order valence-electron chi connectivity index (χ0n) is 6.93. The fraction of sp³-hybridized carbons (Fsp3) is 1.00. The van der Waals surface area contributed by atoms with Crippen molar-refractivity contribution < 1.29 is 0 Å².